The van der Waals surface area contributed by atoms with Gasteiger partial charge in [-0.2, -0.15) is 13.2 Å². The van der Waals surface area contributed by atoms with Crippen LogP contribution < -0.4 is 10.6 Å². The summed E-state index contributed by atoms with van der Waals surface area (Å²) in [6, 6.07) is 0. The molecule has 110 valence electrons. The molecule has 0 aliphatic rings. The van der Waals surface area contributed by atoms with E-state index in [2.05, 4.69) is 26.5 Å². The molecule has 20 heavy (non-hydrogen) atoms. The van der Waals surface area contributed by atoms with Crippen LogP contribution >= 0.6 is 11.3 Å². The average Bonchev–Trinajstić information content (AvgIpc) is 2.84. The number of nitrogens with one attached hydrogen (secondary N) is 2. The summed E-state index contributed by atoms with van der Waals surface area (Å²) in [6.07, 6.45) is 1.09. The first-order chi connectivity index (χ1) is 9.47. The molecule has 8 heteroatoms. The van der Waals surface area contributed by atoms with Gasteiger partial charge in [0.15, 0.2) is 11.7 Å². The maximum absolute atomic E-state index is 12.4. The highest BCUT2D eigenvalue weighted by molar-refractivity contribution is 7.09. The fourth-order valence-electron chi connectivity index (χ4n) is 1.30. The van der Waals surface area contributed by atoms with E-state index in [-0.39, 0.29) is 0 Å². The summed E-state index contributed by atoms with van der Waals surface area (Å²) in [5.74, 6) is 2.96. The molecule has 0 aliphatic heterocycles. The van der Waals surface area contributed by atoms with Gasteiger partial charge in [0, 0.05) is 24.9 Å². The van der Waals surface area contributed by atoms with Gasteiger partial charge >= 0.3 is 6.18 Å². The van der Waals surface area contributed by atoms with E-state index in [4.69, 9.17) is 6.42 Å². The summed E-state index contributed by atoms with van der Waals surface area (Å²) in [7, 11) is 0. The summed E-state index contributed by atoms with van der Waals surface area (Å²) < 4.78 is 37.1. The Hall–Kier alpha value is -1.75. The maximum atomic E-state index is 12.4. The molecule has 0 saturated carbocycles. The lowest BCUT2D eigenvalue weighted by Gasteiger charge is -2.08. The first-order valence-electron chi connectivity index (χ1n) is 5.94. The Morgan fingerprint density at radius 2 is 2.25 bits per heavy atom. The smallest absolute Gasteiger partial charge is 0.357 e. The van der Waals surface area contributed by atoms with E-state index >= 15 is 0 Å². The van der Waals surface area contributed by atoms with Crippen LogP contribution in [0, 0.1) is 12.3 Å². The summed E-state index contributed by atoms with van der Waals surface area (Å²) in [6.45, 7) is 3.25. The van der Waals surface area contributed by atoms with Gasteiger partial charge in [0.1, 0.15) is 0 Å². The van der Waals surface area contributed by atoms with Crippen molar-refractivity contribution in [2.45, 2.75) is 19.5 Å². The van der Waals surface area contributed by atoms with Gasteiger partial charge in [-0.3, -0.25) is 4.99 Å². The molecule has 1 rings (SSSR count). The largest absolute Gasteiger partial charge is 0.434 e. The van der Waals surface area contributed by atoms with E-state index < -0.39 is 11.9 Å². The molecule has 1 aromatic heterocycles. The monoisotopic (exact) mass is 304 g/mol. The van der Waals surface area contributed by atoms with Crippen molar-refractivity contribution < 1.29 is 13.2 Å². The minimum atomic E-state index is -4.39. The molecule has 4 nitrogen and oxygen atoms in total. The van der Waals surface area contributed by atoms with Crippen LogP contribution in [0.25, 0.3) is 0 Å². The second-order valence-electron chi connectivity index (χ2n) is 3.69. The highest BCUT2D eigenvalue weighted by Gasteiger charge is 2.33. The second-order valence-corrected chi connectivity index (χ2v) is 4.64. The molecular formula is C12H15F3N4S. The first kappa shape index (κ1) is 16.3. The number of aliphatic imine (C=N–C) groups is 1. The van der Waals surface area contributed by atoms with Crippen molar-refractivity contribution in [3.8, 4) is 12.3 Å². The van der Waals surface area contributed by atoms with Crippen LogP contribution in [0.5, 0.6) is 0 Å². The Labute approximate surface area is 119 Å². The number of alkyl halides is 3. The van der Waals surface area contributed by atoms with E-state index in [1.54, 1.807) is 0 Å². The zero-order valence-electron chi connectivity index (χ0n) is 10.9. The number of thiazole rings is 1. The van der Waals surface area contributed by atoms with Gasteiger partial charge in [0.05, 0.1) is 11.6 Å². The SMILES string of the molecule is C#CCNC(=NCCc1nc(C(F)(F)F)cs1)NCC. The Morgan fingerprint density at radius 3 is 2.80 bits per heavy atom. The fourth-order valence-corrected chi connectivity index (χ4v) is 2.09. The van der Waals surface area contributed by atoms with Crippen LogP contribution in [0.4, 0.5) is 13.2 Å². The average molecular weight is 304 g/mol. The van der Waals surface area contributed by atoms with Crippen LogP contribution in [-0.2, 0) is 12.6 Å². The van der Waals surface area contributed by atoms with Gasteiger partial charge in [-0.25, -0.2) is 4.98 Å². The summed E-state index contributed by atoms with van der Waals surface area (Å²) >= 11 is 0.986. The zero-order chi connectivity index (χ0) is 15.0. The molecule has 0 aromatic carbocycles. The number of halogens is 3. The number of aromatic nitrogens is 1. The minimum Gasteiger partial charge on any atom is -0.357 e. The molecule has 0 amide bonds. The molecule has 0 fully saturated rings. The second kappa shape index (κ2) is 7.75. The molecule has 0 bridgehead atoms. The molecule has 2 N–H and O–H groups in total. The van der Waals surface area contributed by atoms with Gasteiger partial charge in [0.2, 0.25) is 0 Å². The van der Waals surface area contributed by atoms with Gasteiger partial charge in [0.25, 0.3) is 0 Å². The molecule has 0 aliphatic carbocycles. The maximum Gasteiger partial charge on any atom is 0.434 e. The van der Waals surface area contributed by atoms with Crippen LogP contribution in [0.3, 0.4) is 0 Å². The van der Waals surface area contributed by atoms with Crippen LogP contribution in [0.1, 0.15) is 17.6 Å². The third-order valence-electron chi connectivity index (χ3n) is 2.14. The summed E-state index contributed by atoms with van der Waals surface area (Å²) in [5.41, 5.74) is -0.848. The number of hydrogen-bond donors (Lipinski definition) is 2. The Bertz CT molecular complexity index is 488. The van der Waals surface area contributed by atoms with Crippen molar-refractivity contribution in [1.29, 1.82) is 0 Å². The van der Waals surface area contributed by atoms with Crippen LogP contribution in [0.2, 0.25) is 0 Å². The predicted molar refractivity (Wildman–Crippen MR) is 73.6 cm³/mol. The third kappa shape index (κ3) is 5.48. The molecule has 1 aromatic rings. The minimum absolute atomic E-state index is 0.335. The van der Waals surface area contributed by atoms with Crippen molar-refractivity contribution >= 4 is 17.3 Å². The lowest BCUT2D eigenvalue weighted by molar-refractivity contribution is -0.140. The Balaban J connectivity index is 2.53. The van der Waals surface area contributed by atoms with E-state index in [0.717, 1.165) is 16.7 Å². The highest BCUT2D eigenvalue weighted by atomic mass is 32.1. The van der Waals surface area contributed by atoms with Crippen molar-refractivity contribution in [1.82, 2.24) is 15.6 Å². The molecular weight excluding hydrogens is 289 g/mol. The van der Waals surface area contributed by atoms with E-state index in [9.17, 15) is 13.2 Å². The third-order valence-corrected chi connectivity index (χ3v) is 3.05. The van der Waals surface area contributed by atoms with Gasteiger partial charge in [-0.15, -0.1) is 17.8 Å². The molecule has 0 atom stereocenters. The topological polar surface area (TPSA) is 49.3 Å². The summed E-state index contributed by atoms with van der Waals surface area (Å²) in [4.78, 5) is 7.74. The summed E-state index contributed by atoms with van der Waals surface area (Å²) in [5, 5.41) is 7.30. The van der Waals surface area contributed by atoms with Crippen molar-refractivity contribution in [2.75, 3.05) is 19.6 Å². The first-order valence-corrected chi connectivity index (χ1v) is 6.82. The quantitative estimate of drug-likeness (QED) is 0.496. The molecule has 0 unspecified atom stereocenters. The lowest BCUT2D eigenvalue weighted by Crippen LogP contribution is -2.37. The van der Waals surface area contributed by atoms with Crippen LogP contribution in [0.15, 0.2) is 10.4 Å². The molecule has 0 radical (unpaired) electrons. The number of hydrogen-bond acceptors (Lipinski definition) is 3. The molecule has 0 spiro atoms. The predicted octanol–water partition coefficient (Wildman–Crippen LogP) is 1.89. The highest BCUT2D eigenvalue weighted by Crippen LogP contribution is 2.30. The molecule has 0 saturated heterocycles. The van der Waals surface area contributed by atoms with Crippen molar-refractivity contribution in [2.24, 2.45) is 4.99 Å². The number of rotatable bonds is 5. The Morgan fingerprint density at radius 1 is 1.50 bits per heavy atom. The molecule has 1 heterocycles. The fraction of sp³-hybridized carbons (Fsp3) is 0.500. The normalized spacial score (nSPS) is 12.1. The number of terminal acetylenes is 1. The Kier molecular flexibility index (Phi) is 6.31. The van der Waals surface area contributed by atoms with Crippen LogP contribution in [-0.4, -0.2) is 30.6 Å². The zero-order valence-corrected chi connectivity index (χ0v) is 11.7. The number of nitrogens with zero attached hydrogens (tertiary/aromatic N) is 2. The standard InChI is InChI=1S/C12H15F3N4S/c1-3-6-17-11(16-4-2)18-7-5-10-19-9(8-20-10)12(13,14)15/h1,8H,4-7H2,2H3,(H2,16,17,18). The van der Waals surface area contributed by atoms with Gasteiger partial charge in [-0.1, -0.05) is 5.92 Å². The van der Waals surface area contributed by atoms with E-state index in [1.165, 1.54) is 0 Å². The van der Waals surface area contributed by atoms with Crippen molar-refractivity contribution in [3.05, 3.63) is 16.1 Å². The van der Waals surface area contributed by atoms with Gasteiger partial charge < -0.3 is 10.6 Å². The lowest BCUT2D eigenvalue weighted by atomic mass is 10.4. The number of guanidine groups is 1. The van der Waals surface area contributed by atoms with E-state index in [1.807, 2.05) is 6.92 Å². The van der Waals surface area contributed by atoms with Gasteiger partial charge in [-0.05, 0) is 6.92 Å². The van der Waals surface area contributed by atoms with E-state index in [0.29, 0.717) is 37.0 Å². The van der Waals surface area contributed by atoms with Crippen molar-refractivity contribution in [3.63, 3.8) is 0 Å².